The number of aryl methyl sites for hydroxylation is 4. The van der Waals surface area contributed by atoms with Crippen molar-refractivity contribution in [3.63, 3.8) is 0 Å². The number of piperidine rings is 1. The van der Waals surface area contributed by atoms with Crippen molar-refractivity contribution in [3.05, 3.63) is 50.3 Å². The lowest BCUT2D eigenvalue weighted by molar-refractivity contribution is -0.129. The highest BCUT2D eigenvalue weighted by molar-refractivity contribution is 7.15. The molecule has 1 saturated heterocycles. The molecular weight excluding hydrogens is 428 g/mol. The molecule has 3 aromatic heterocycles. The molecule has 0 aliphatic carbocycles. The maximum atomic E-state index is 13.0. The topological polar surface area (TPSA) is 83.9 Å². The fourth-order valence-corrected chi connectivity index (χ4v) is 5.02. The number of amides is 1. The van der Waals surface area contributed by atoms with E-state index in [0.717, 1.165) is 46.5 Å². The van der Waals surface area contributed by atoms with Crippen LogP contribution >= 0.6 is 22.7 Å². The summed E-state index contributed by atoms with van der Waals surface area (Å²) in [6.45, 7) is 8.67. The van der Waals surface area contributed by atoms with E-state index < -0.39 is 0 Å². The largest absolute Gasteiger partial charge is 0.329 e. The summed E-state index contributed by atoms with van der Waals surface area (Å²) in [5, 5.41) is 7.07. The predicted octanol–water partition coefficient (Wildman–Crippen LogP) is 5.13. The van der Waals surface area contributed by atoms with Crippen LogP contribution in [0.5, 0.6) is 0 Å². The third kappa shape index (κ3) is 5.16. The maximum Gasteiger partial charge on any atom is 0.247 e. The van der Waals surface area contributed by atoms with E-state index in [1.54, 1.807) is 34.8 Å². The van der Waals surface area contributed by atoms with Gasteiger partial charge in [-0.2, -0.15) is 0 Å². The molecule has 0 unspecified atom stereocenters. The Kier molecular flexibility index (Phi) is 6.43. The Balaban J connectivity index is 1.56. The number of nitrogens with zero attached hydrogens (tertiary/aromatic N) is 5. The van der Waals surface area contributed by atoms with Gasteiger partial charge in [-0.15, -0.1) is 22.7 Å². The van der Waals surface area contributed by atoms with Crippen LogP contribution in [0.3, 0.4) is 0 Å². The van der Waals surface area contributed by atoms with Gasteiger partial charge in [-0.25, -0.2) is 19.9 Å². The highest BCUT2D eigenvalue weighted by Crippen LogP contribution is 2.31. The molecule has 1 atom stereocenters. The molecule has 1 aliphatic heterocycles. The molecule has 4 heterocycles. The zero-order valence-electron chi connectivity index (χ0n) is 18.2. The van der Waals surface area contributed by atoms with E-state index in [0.29, 0.717) is 18.2 Å². The molecular formula is C22H26N6OS2. The van der Waals surface area contributed by atoms with Crippen LogP contribution in [0.4, 0.5) is 10.9 Å². The van der Waals surface area contributed by atoms with Crippen molar-refractivity contribution in [2.45, 2.75) is 53.0 Å². The molecule has 0 radical (unpaired) electrons. The van der Waals surface area contributed by atoms with Crippen LogP contribution in [-0.2, 0) is 4.79 Å². The number of hydrogen-bond donors (Lipinski definition) is 1. The number of likely N-dealkylation sites (tertiary alicyclic amines) is 1. The molecule has 0 aromatic carbocycles. The minimum absolute atomic E-state index is 0.0267. The third-order valence-corrected chi connectivity index (χ3v) is 7.03. The molecule has 4 rings (SSSR count). The maximum absolute atomic E-state index is 13.0. The van der Waals surface area contributed by atoms with Crippen molar-refractivity contribution in [1.29, 1.82) is 0 Å². The molecule has 1 fully saturated rings. The lowest BCUT2D eigenvalue weighted by Crippen LogP contribution is -2.38. The van der Waals surface area contributed by atoms with Gasteiger partial charge >= 0.3 is 0 Å². The van der Waals surface area contributed by atoms with Gasteiger partial charge in [0.15, 0.2) is 11.0 Å². The van der Waals surface area contributed by atoms with Crippen molar-refractivity contribution in [1.82, 2.24) is 24.8 Å². The summed E-state index contributed by atoms with van der Waals surface area (Å²) in [4.78, 5) is 34.4. The standard InChI is InChI=1S/C22H26N6OS2/c1-13-11-19(27-22-24-14(2)15(3)31-22)26-21(23-13)18-7-5-6-10-28(18)20(29)9-8-17-12-30-16(4)25-17/h8-9,11-12,18H,5-7,10H2,1-4H3,(H,23,24,26,27)/b9-8+/t18-/m1/s1. The normalized spacial score (nSPS) is 16.8. The molecule has 0 spiro atoms. The summed E-state index contributed by atoms with van der Waals surface area (Å²) >= 11 is 3.18. The smallest absolute Gasteiger partial charge is 0.247 e. The first kappa shape index (κ1) is 21.6. The number of rotatable bonds is 5. The van der Waals surface area contributed by atoms with Crippen LogP contribution < -0.4 is 5.32 Å². The Morgan fingerprint density at radius 3 is 2.71 bits per heavy atom. The van der Waals surface area contributed by atoms with Crippen LogP contribution in [0, 0.1) is 27.7 Å². The molecule has 31 heavy (non-hydrogen) atoms. The summed E-state index contributed by atoms with van der Waals surface area (Å²) in [5.41, 5.74) is 2.70. The van der Waals surface area contributed by atoms with Crippen LogP contribution in [0.15, 0.2) is 17.5 Å². The van der Waals surface area contributed by atoms with Crippen LogP contribution in [-0.4, -0.2) is 37.3 Å². The molecule has 0 bridgehead atoms. The first-order valence-corrected chi connectivity index (χ1v) is 12.1. The Morgan fingerprint density at radius 2 is 2.00 bits per heavy atom. The summed E-state index contributed by atoms with van der Waals surface area (Å²) in [5.74, 6) is 1.36. The Hall–Kier alpha value is -2.65. The van der Waals surface area contributed by atoms with Gasteiger partial charge in [-0.1, -0.05) is 0 Å². The number of aromatic nitrogens is 4. The first-order valence-electron chi connectivity index (χ1n) is 10.4. The fourth-order valence-electron chi connectivity index (χ4n) is 3.61. The molecule has 1 amide bonds. The van der Waals surface area contributed by atoms with Gasteiger partial charge in [0.25, 0.3) is 0 Å². The van der Waals surface area contributed by atoms with E-state index in [1.165, 1.54) is 4.88 Å². The number of nitrogens with one attached hydrogen (secondary N) is 1. The van der Waals surface area contributed by atoms with Crippen molar-refractivity contribution < 1.29 is 4.79 Å². The molecule has 3 aromatic rings. The summed E-state index contributed by atoms with van der Waals surface area (Å²) in [6.07, 6.45) is 6.29. The van der Waals surface area contributed by atoms with Crippen molar-refractivity contribution in [2.75, 3.05) is 11.9 Å². The van der Waals surface area contributed by atoms with E-state index in [1.807, 2.05) is 37.1 Å². The van der Waals surface area contributed by atoms with Gasteiger partial charge in [0.1, 0.15) is 5.82 Å². The van der Waals surface area contributed by atoms with Crippen molar-refractivity contribution in [2.24, 2.45) is 0 Å². The molecule has 0 saturated carbocycles. The average Bonchev–Trinajstić information content (AvgIpc) is 3.30. The van der Waals surface area contributed by atoms with Crippen LogP contribution in [0.1, 0.15) is 58.1 Å². The monoisotopic (exact) mass is 454 g/mol. The lowest BCUT2D eigenvalue weighted by Gasteiger charge is -2.34. The molecule has 162 valence electrons. The number of carbonyl (C=O) groups excluding carboxylic acids is 1. The predicted molar refractivity (Wildman–Crippen MR) is 126 cm³/mol. The Morgan fingerprint density at radius 1 is 1.16 bits per heavy atom. The minimum atomic E-state index is -0.136. The van der Waals surface area contributed by atoms with E-state index in [-0.39, 0.29) is 11.9 Å². The Labute approximate surface area is 190 Å². The van der Waals surface area contributed by atoms with Gasteiger partial charge in [0, 0.05) is 34.6 Å². The molecule has 9 heteroatoms. The quantitative estimate of drug-likeness (QED) is 0.538. The van der Waals surface area contributed by atoms with E-state index in [9.17, 15) is 4.79 Å². The van der Waals surface area contributed by atoms with E-state index >= 15 is 0 Å². The fraction of sp³-hybridized carbons (Fsp3) is 0.409. The van der Waals surface area contributed by atoms with Crippen LogP contribution in [0.25, 0.3) is 6.08 Å². The Bertz CT molecular complexity index is 1100. The van der Waals surface area contributed by atoms with Crippen molar-refractivity contribution in [3.8, 4) is 0 Å². The van der Waals surface area contributed by atoms with Crippen molar-refractivity contribution >= 4 is 45.6 Å². The third-order valence-electron chi connectivity index (χ3n) is 5.25. The summed E-state index contributed by atoms with van der Waals surface area (Å²) < 4.78 is 0. The second-order valence-corrected chi connectivity index (χ2v) is 9.97. The van der Waals surface area contributed by atoms with Crippen LogP contribution in [0.2, 0.25) is 0 Å². The summed E-state index contributed by atoms with van der Waals surface area (Å²) in [6, 6.07) is 1.78. The zero-order valence-corrected chi connectivity index (χ0v) is 19.8. The van der Waals surface area contributed by atoms with Gasteiger partial charge in [-0.3, -0.25) is 4.79 Å². The number of carbonyl (C=O) groups is 1. The highest BCUT2D eigenvalue weighted by atomic mass is 32.1. The average molecular weight is 455 g/mol. The molecule has 1 aliphatic rings. The SMILES string of the molecule is Cc1cc(Nc2nc(C)c(C)s2)nc([C@H]2CCCCN2C(=O)/C=C/c2csc(C)n2)n1. The zero-order chi connectivity index (χ0) is 22.0. The van der Waals surface area contributed by atoms with Gasteiger partial charge in [0.2, 0.25) is 5.91 Å². The van der Waals surface area contributed by atoms with Gasteiger partial charge in [0.05, 0.1) is 22.4 Å². The minimum Gasteiger partial charge on any atom is -0.329 e. The number of hydrogen-bond acceptors (Lipinski definition) is 8. The number of anilines is 2. The van der Waals surface area contributed by atoms with Gasteiger partial charge in [-0.05, 0) is 53.0 Å². The van der Waals surface area contributed by atoms with Gasteiger partial charge < -0.3 is 10.2 Å². The second kappa shape index (κ2) is 9.23. The summed E-state index contributed by atoms with van der Waals surface area (Å²) in [7, 11) is 0. The number of thiazole rings is 2. The first-order chi connectivity index (χ1) is 14.9. The molecule has 7 nitrogen and oxygen atoms in total. The highest BCUT2D eigenvalue weighted by Gasteiger charge is 2.29. The van der Waals surface area contributed by atoms with E-state index in [4.69, 9.17) is 4.98 Å². The lowest BCUT2D eigenvalue weighted by atomic mass is 10.0. The second-order valence-electron chi connectivity index (χ2n) is 7.71. The molecule has 1 N–H and O–H groups in total. The van der Waals surface area contributed by atoms with E-state index in [2.05, 4.69) is 27.2 Å².